The average molecular weight is 373 g/mol. The third-order valence-corrected chi connectivity index (χ3v) is 5.16. The van der Waals surface area contributed by atoms with Crippen molar-refractivity contribution in [2.45, 2.75) is 18.9 Å². The zero-order valence-electron chi connectivity index (χ0n) is 16.1. The summed E-state index contributed by atoms with van der Waals surface area (Å²) in [5.74, 6) is 1.07. The van der Waals surface area contributed by atoms with Gasteiger partial charge in [-0.05, 0) is 49.1 Å². The minimum absolute atomic E-state index is 0.00713. The maximum Gasteiger partial charge on any atom is 0.254 e. The second kappa shape index (κ2) is 7.80. The number of aromatic nitrogens is 2. The number of benzene rings is 1. The molecule has 28 heavy (non-hydrogen) atoms. The first-order chi connectivity index (χ1) is 13.7. The first-order valence-corrected chi connectivity index (χ1v) is 9.47. The molecule has 142 valence electrons. The normalized spacial score (nSPS) is 14.4. The third kappa shape index (κ3) is 3.74. The standard InChI is InChI=1S/C23H23N3O2/c1-26(22(17-11-12-17)20-6-3-4-15-24-20)23(27)18-13-9-16(10-14-18)19-7-5-8-21(25-19)28-2/h3-10,13-15,17,22H,11-12H2,1-2H3/t22-/m0/s1. The highest BCUT2D eigenvalue weighted by atomic mass is 16.5. The Bertz CT molecular complexity index is 953. The Kier molecular flexibility index (Phi) is 5.06. The Hall–Kier alpha value is -3.21. The molecule has 0 saturated heterocycles. The Labute approximate surface area is 165 Å². The quantitative estimate of drug-likeness (QED) is 0.644. The lowest BCUT2D eigenvalue weighted by Gasteiger charge is -2.28. The summed E-state index contributed by atoms with van der Waals surface area (Å²) in [6.45, 7) is 0. The van der Waals surface area contributed by atoms with Crippen molar-refractivity contribution >= 4 is 5.91 Å². The van der Waals surface area contributed by atoms with Crippen LogP contribution in [0.2, 0.25) is 0 Å². The number of ether oxygens (including phenoxy) is 1. The predicted molar refractivity (Wildman–Crippen MR) is 108 cm³/mol. The van der Waals surface area contributed by atoms with Gasteiger partial charge < -0.3 is 9.64 Å². The molecular weight excluding hydrogens is 350 g/mol. The maximum absolute atomic E-state index is 13.1. The van der Waals surface area contributed by atoms with E-state index in [0.29, 0.717) is 17.4 Å². The van der Waals surface area contributed by atoms with Gasteiger partial charge in [-0.2, -0.15) is 0 Å². The minimum Gasteiger partial charge on any atom is -0.481 e. The fraction of sp³-hybridized carbons (Fsp3) is 0.261. The zero-order chi connectivity index (χ0) is 19.5. The topological polar surface area (TPSA) is 55.3 Å². The number of amides is 1. The molecule has 2 aromatic heterocycles. The van der Waals surface area contributed by atoms with Crippen molar-refractivity contribution in [1.82, 2.24) is 14.9 Å². The second-order valence-electron chi connectivity index (χ2n) is 7.10. The van der Waals surface area contributed by atoms with Gasteiger partial charge in [0.25, 0.3) is 5.91 Å². The van der Waals surface area contributed by atoms with Crippen molar-refractivity contribution in [2.24, 2.45) is 5.92 Å². The van der Waals surface area contributed by atoms with Crippen LogP contribution in [0, 0.1) is 5.92 Å². The molecule has 1 aliphatic carbocycles. The predicted octanol–water partition coefficient (Wildman–Crippen LogP) is 4.38. The molecule has 0 bridgehead atoms. The van der Waals surface area contributed by atoms with Gasteiger partial charge in [-0.25, -0.2) is 4.98 Å². The summed E-state index contributed by atoms with van der Waals surface area (Å²) in [6.07, 6.45) is 4.07. The average Bonchev–Trinajstić information content (AvgIpc) is 3.59. The van der Waals surface area contributed by atoms with Gasteiger partial charge in [-0.1, -0.05) is 24.3 Å². The van der Waals surface area contributed by atoms with Crippen molar-refractivity contribution in [3.05, 3.63) is 78.1 Å². The summed E-state index contributed by atoms with van der Waals surface area (Å²) in [5, 5.41) is 0. The van der Waals surface area contributed by atoms with E-state index in [4.69, 9.17) is 4.74 Å². The number of hydrogen-bond donors (Lipinski definition) is 0. The number of hydrogen-bond acceptors (Lipinski definition) is 4. The molecule has 1 fully saturated rings. The molecule has 3 aromatic rings. The van der Waals surface area contributed by atoms with E-state index in [1.54, 1.807) is 13.3 Å². The molecule has 5 nitrogen and oxygen atoms in total. The highest BCUT2D eigenvalue weighted by Gasteiger charge is 2.37. The molecule has 0 spiro atoms. The molecule has 4 rings (SSSR count). The third-order valence-electron chi connectivity index (χ3n) is 5.16. The van der Waals surface area contributed by atoms with E-state index in [-0.39, 0.29) is 11.9 Å². The fourth-order valence-corrected chi connectivity index (χ4v) is 3.52. The lowest BCUT2D eigenvalue weighted by Crippen LogP contribution is -2.33. The van der Waals surface area contributed by atoms with E-state index in [1.165, 1.54) is 0 Å². The summed E-state index contributed by atoms with van der Waals surface area (Å²) in [7, 11) is 3.47. The van der Waals surface area contributed by atoms with Gasteiger partial charge in [0.15, 0.2) is 0 Å². The smallest absolute Gasteiger partial charge is 0.254 e. The molecule has 0 radical (unpaired) electrons. The van der Waals surface area contributed by atoms with Gasteiger partial charge in [0.2, 0.25) is 5.88 Å². The van der Waals surface area contributed by atoms with Crippen molar-refractivity contribution in [3.8, 4) is 17.1 Å². The zero-order valence-corrected chi connectivity index (χ0v) is 16.1. The van der Waals surface area contributed by atoms with Crippen LogP contribution in [0.1, 0.15) is 34.9 Å². The molecule has 2 heterocycles. The van der Waals surface area contributed by atoms with Gasteiger partial charge in [-0.15, -0.1) is 0 Å². The van der Waals surface area contributed by atoms with Crippen LogP contribution in [0.15, 0.2) is 66.9 Å². The molecule has 0 N–H and O–H groups in total. The number of methoxy groups -OCH3 is 1. The Morgan fingerprint density at radius 3 is 2.50 bits per heavy atom. The Morgan fingerprint density at radius 1 is 1.07 bits per heavy atom. The van der Waals surface area contributed by atoms with E-state index in [9.17, 15) is 4.79 Å². The van der Waals surface area contributed by atoms with Crippen LogP contribution in [-0.4, -0.2) is 34.9 Å². The number of carbonyl (C=O) groups excluding carboxylic acids is 1. The number of rotatable bonds is 6. The fourth-order valence-electron chi connectivity index (χ4n) is 3.52. The van der Waals surface area contributed by atoms with Crippen LogP contribution in [0.3, 0.4) is 0 Å². The van der Waals surface area contributed by atoms with Gasteiger partial charge in [-0.3, -0.25) is 9.78 Å². The van der Waals surface area contributed by atoms with Crippen LogP contribution in [0.25, 0.3) is 11.3 Å². The van der Waals surface area contributed by atoms with Crippen LogP contribution < -0.4 is 4.74 Å². The van der Waals surface area contributed by atoms with E-state index in [0.717, 1.165) is 29.8 Å². The monoisotopic (exact) mass is 373 g/mol. The molecule has 1 aromatic carbocycles. The van der Waals surface area contributed by atoms with Crippen molar-refractivity contribution < 1.29 is 9.53 Å². The van der Waals surface area contributed by atoms with Crippen LogP contribution >= 0.6 is 0 Å². The Morgan fingerprint density at radius 2 is 1.86 bits per heavy atom. The summed E-state index contributed by atoms with van der Waals surface area (Å²) in [4.78, 5) is 23.9. The molecule has 1 amide bonds. The summed E-state index contributed by atoms with van der Waals surface area (Å²) >= 11 is 0. The second-order valence-corrected chi connectivity index (χ2v) is 7.10. The first kappa shape index (κ1) is 18.2. The summed E-state index contributed by atoms with van der Waals surface area (Å²) in [6, 6.07) is 19.1. The molecular formula is C23H23N3O2. The van der Waals surface area contributed by atoms with Crippen LogP contribution in [-0.2, 0) is 0 Å². The van der Waals surface area contributed by atoms with Crippen molar-refractivity contribution in [1.29, 1.82) is 0 Å². The van der Waals surface area contributed by atoms with Crippen LogP contribution in [0.4, 0.5) is 0 Å². The summed E-state index contributed by atoms with van der Waals surface area (Å²) in [5.41, 5.74) is 3.38. The van der Waals surface area contributed by atoms with E-state index in [1.807, 2.05) is 72.6 Å². The lowest BCUT2D eigenvalue weighted by atomic mass is 10.0. The SMILES string of the molecule is COc1cccc(-c2ccc(C(=O)N(C)[C@H](c3ccccn3)C3CC3)cc2)n1. The molecule has 0 unspecified atom stereocenters. The Balaban J connectivity index is 1.55. The van der Waals surface area contributed by atoms with E-state index >= 15 is 0 Å². The highest BCUT2D eigenvalue weighted by Crippen LogP contribution is 2.43. The number of pyridine rings is 2. The highest BCUT2D eigenvalue weighted by molar-refractivity contribution is 5.94. The molecule has 5 heteroatoms. The van der Waals surface area contributed by atoms with Gasteiger partial charge >= 0.3 is 0 Å². The first-order valence-electron chi connectivity index (χ1n) is 9.47. The van der Waals surface area contributed by atoms with Crippen molar-refractivity contribution in [3.63, 3.8) is 0 Å². The number of carbonyl (C=O) groups is 1. The van der Waals surface area contributed by atoms with Gasteiger partial charge in [0.05, 0.1) is 24.5 Å². The molecule has 1 saturated carbocycles. The maximum atomic E-state index is 13.1. The minimum atomic E-state index is 0.00713. The van der Waals surface area contributed by atoms with Crippen molar-refractivity contribution in [2.75, 3.05) is 14.2 Å². The molecule has 1 aliphatic rings. The number of nitrogens with zero attached hydrogens (tertiary/aromatic N) is 3. The van der Waals surface area contributed by atoms with E-state index in [2.05, 4.69) is 9.97 Å². The molecule has 0 aliphatic heterocycles. The van der Waals surface area contributed by atoms with Gasteiger partial charge in [0, 0.05) is 30.4 Å². The van der Waals surface area contributed by atoms with Crippen LogP contribution in [0.5, 0.6) is 5.88 Å². The largest absolute Gasteiger partial charge is 0.481 e. The summed E-state index contributed by atoms with van der Waals surface area (Å²) < 4.78 is 5.19. The van der Waals surface area contributed by atoms with Gasteiger partial charge in [0.1, 0.15) is 0 Å². The van der Waals surface area contributed by atoms with E-state index < -0.39 is 0 Å². The molecule has 1 atom stereocenters. The lowest BCUT2D eigenvalue weighted by molar-refractivity contribution is 0.0707.